The van der Waals surface area contributed by atoms with Gasteiger partial charge in [0.05, 0.1) is 6.61 Å². The van der Waals surface area contributed by atoms with E-state index >= 15 is 0 Å². The molecule has 110 valence electrons. The van der Waals surface area contributed by atoms with Gasteiger partial charge in [0.1, 0.15) is 5.60 Å². The van der Waals surface area contributed by atoms with Gasteiger partial charge in [0.15, 0.2) is 0 Å². The van der Waals surface area contributed by atoms with Crippen LogP contribution in [0.15, 0.2) is 12.7 Å². The third-order valence-electron chi connectivity index (χ3n) is 2.24. The van der Waals surface area contributed by atoms with Crippen molar-refractivity contribution in [3.63, 3.8) is 0 Å². The molecule has 0 aliphatic carbocycles. The molecule has 19 heavy (non-hydrogen) atoms. The Balaban J connectivity index is 5.52. The highest BCUT2D eigenvalue weighted by Crippen LogP contribution is 2.35. The summed E-state index contributed by atoms with van der Waals surface area (Å²) in [6.45, 7) is 9.25. The Kier molecular flexibility index (Phi) is 6.12. The first-order valence-corrected chi connectivity index (χ1v) is 5.91. The van der Waals surface area contributed by atoms with Gasteiger partial charge in [0.25, 0.3) is 6.43 Å². The lowest BCUT2D eigenvalue weighted by Gasteiger charge is -2.31. The molecule has 0 saturated carbocycles. The van der Waals surface area contributed by atoms with Gasteiger partial charge in [-0.15, -0.1) is 6.58 Å². The van der Waals surface area contributed by atoms with Gasteiger partial charge in [-0.25, -0.2) is 8.78 Å². The minimum Gasteiger partial charge on any atom is -0.465 e. The highest BCUT2D eigenvalue weighted by atomic mass is 19.3. The quantitative estimate of drug-likeness (QED) is 0.426. The maximum absolute atomic E-state index is 13.3. The Morgan fingerprint density at radius 1 is 1.26 bits per heavy atom. The van der Waals surface area contributed by atoms with Crippen LogP contribution in [0.25, 0.3) is 0 Å². The number of carbonyl (C=O) groups is 2. The summed E-state index contributed by atoms with van der Waals surface area (Å²) in [5, 5.41) is 0. The molecular weight excluding hydrogens is 258 g/mol. The van der Waals surface area contributed by atoms with E-state index in [2.05, 4.69) is 11.3 Å². The monoisotopic (exact) mass is 278 g/mol. The number of alkyl halides is 2. The maximum atomic E-state index is 13.3. The molecule has 0 heterocycles. The van der Waals surface area contributed by atoms with Crippen LogP contribution in [0.4, 0.5) is 8.78 Å². The summed E-state index contributed by atoms with van der Waals surface area (Å²) in [6.07, 6.45) is -2.70. The summed E-state index contributed by atoms with van der Waals surface area (Å²) in [7, 11) is 0. The van der Waals surface area contributed by atoms with Gasteiger partial charge in [0, 0.05) is 0 Å². The molecule has 0 bridgehead atoms. The molecule has 1 unspecified atom stereocenters. The molecule has 0 rings (SSSR count). The third kappa shape index (κ3) is 4.29. The Bertz CT molecular complexity index is 347. The molecule has 0 spiro atoms. The first-order valence-electron chi connectivity index (χ1n) is 5.91. The molecular formula is C13H20F2O4. The van der Waals surface area contributed by atoms with Gasteiger partial charge >= 0.3 is 11.9 Å². The molecule has 0 saturated heterocycles. The number of halogens is 2. The fraction of sp³-hybridized carbons (Fsp3) is 0.692. The Hall–Kier alpha value is -1.46. The summed E-state index contributed by atoms with van der Waals surface area (Å²) in [5.74, 6) is -2.59. The summed E-state index contributed by atoms with van der Waals surface area (Å²) >= 11 is 0. The second-order valence-electron chi connectivity index (χ2n) is 4.99. The number of carbonyl (C=O) groups excluding carboxylic acids is 2. The molecule has 0 radical (unpaired) electrons. The molecule has 0 aromatic heterocycles. The van der Waals surface area contributed by atoms with Gasteiger partial charge in [-0.1, -0.05) is 6.08 Å². The summed E-state index contributed by atoms with van der Waals surface area (Å²) < 4.78 is 36.1. The van der Waals surface area contributed by atoms with Crippen molar-refractivity contribution in [2.75, 3.05) is 6.61 Å². The second-order valence-corrected chi connectivity index (χ2v) is 4.99. The topological polar surface area (TPSA) is 52.6 Å². The van der Waals surface area contributed by atoms with Crippen LogP contribution in [0.3, 0.4) is 0 Å². The molecule has 0 aliphatic heterocycles. The SMILES string of the molecule is C=CCC(C(=O)OCC)(C(=O)OC(C)(C)C)C(F)F. The summed E-state index contributed by atoms with van der Waals surface area (Å²) in [6, 6.07) is 0. The molecule has 6 heteroatoms. The van der Waals surface area contributed by atoms with Crippen LogP contribution in [-0.4, -0.2) is 30.6 Å². The molecule has 0 aromatic rings. The van der Waals surface area contributed by atoms with Crippen LogP contribution in [-0.2, 0) is 19.1 Å². The Morgan fingerprint density at radius 2 is 1.79 bits per heavy atom. The fourth-order valence-electron chi connectivity index (χ4n) is 1.37. The molecule has 0 aromatic carbocycles. The van der Waals surface area contributed by atoms with Crippen molar-refractivity contribution < 1.29 is 27.8 Å². The van der Waals surface area contributed by atoms with Crippen LogP contribution in [0.1, 0.15) is 34.1 Å². The van der Waals surface area contributed by atoms with Crippen LogP contribution in [0, 0.1) is 5.41 Å². The summed E-state index contributed by atoms with van der Waals surface area (Å²) in [5.41, 5.74) is -3.63. The number of esters is 2. The van der Waals surface area contributed by atoms with Crippen molar-refractivity contribution in [3.05, 3.63) is 12.7 Å². The Morgan fingerprint density at radius 3 is 2.11 bits per heavy atom. The number of hydrogen-bond acceptors (Lipinski definition) is 4. The molecule has 0 N–H and O–H groups in total. The highest BCUT2D eigenvalue weighted by Gasteiger charge is 2.56. The number of rotatable bonds is 6. The van der Waals surface area contributed by atoms with E-state index < -0.39 is 35.8 Å². The molecule has 1 atom stereocenters. The summed E-state index contributed by atoms with van der Waals surface area (Å²) in [4.78, 5) is 23.8. The van der Waals surface area contributed by atoms with Crippen LogP contribution in [0.2, 0.25) is 0 Å². The fourth-order valence-corrected chi connectivity index (χ4v) is 1.37. The standard InChI is InChI=1S/C13H20F2O4/c1-6-8-13(9(14)15,10(16)18-7-2)11(17)19-12(3,4)5/h6,9H,1,7-8H2,2-5H3. The minimum atomic E-state index is -3.24. The van der Waals surface area contributed by atoms with E-state index in [1.54, 1.807) is 0 Å². The normalized spacial score (nSPS) is 14.7. The smallest absolute Gasteiger partial charge is 0.330 e. The predicted molar refractivity (Wildman–Crippen MR) is 65.7 cm³/mol. The lowest BCUT2D eigenvalue weighted by molar-refractivity contribution is -0.191. The predicted octanol–water partition coefficient (Wildman–Crippen LogP) is 2.72. The van der Waals surface area contributed by atoms with E-state index in [1.807, 2.05) is 0 Å². The van der Waals surface area contributed by atoms with E-state index in [0.717, 1.165) is 6.08 Å². The lowest BCUT2D eigenvalue weighted by Crippen LogP contribution is -2.49. The van der Waals surface area contributed by atoms with Gasteiger partial charge in [0.2, 0.25) is 5.41 Å². The lowest BCUT2D eigenvalue weighted by atomic mass is 9.84. The van der Waals surface area contributed by atoms with Crippen LogP contribution < -0.4 is 0 Å². The van der Waals surface area contributed by atoms with Gasteiger partial charge < -0.3 is 9.47 Å². The average molecular weight is 278 g/mol. The van der Waals surface area contributed by atoms with Crippen molar-refractivity contribution in [2.24, 2.45) is 5.41 Å². The first kappa shape index (κ1) is 17.5. The van der Waals surface area contributed by atoms with Crippen LogP contribution >= 0.6 is 0 Å². The molecule has 0 aliphatic rings. The van der Waals surface area contributed by atoms with Gasteiger partial charge in [-0.05, 0) is 34.1 Å². The third-order valence-corrected chi connectivity index (χ3v) is 2.24. The first-order chi connectivity index (χ1) is 8.61. The Labute approximate surface area is 111 Å². The van der Waals surface area contributed by atoms with Crippen LogP contribution in [0.5, 0.6) is 0 Å². The zero-order chi connectivity index (χ0) is 15.3. The number of ether oxygens (including phenoxy) is 2. The molecule has 0 fully saturated rings. The number of hydrogen-bond donors (Lipinski definition) is 0. The van der Waals surface area contributed by atoms with E-state index in [-0.39, 0.29) is 6.61 Å². The molecule has 0 amide bonds. The van der Waals surface area contributed by atoms with Crippen molar-refractivity contribution in [1.29, 1.82) is 0 Å². The van der Waals surface area contributed by atoms with Crippen molar-refractivity contribution in [2.45, 2.75) is 46.1 Å². The van der Waals surface area contributed by atoms with E-state index in [4.69, 9.17) is 4.74 Å². The molecule has 4 nitrogen and oxygen atoms in total. The van der Waals surface area contributed by atoms with Crippen molar-refractivity contribution >= 4 is 11.9 Å². The van der Waals surface area contributed by atoms with Gasteiger partial charge in [-0.3, -0.25) is 9.59 Å². The van der Waals surface area contributed by atoms with E-state index in [0.29, 0.717) is 0 Å². The zero-order valence-electron chi connectivity index (χ0n) is 11.7. The second kappa shape index (κ2) is 6.63. The minimum absolute atomic E-state index is 0.104. The highest BCUT2D eigenvalue weighted by molar-refractivity contribution is 6.01. The largest absolute Gasteiger partial charge is 0.465 e. The average Bonchev–Trinajstić information content (AvgIpc) is 2.22. The van der Waals surface area contributed by atoms with Crippen molar-refractivity contribution in [3.8, 4) is 0 Å². The van der Waals surface area contributed by atoms with E-state index in [1.165, 1.54) is 27.7 Å². The van der Waals surface area contributed by atoms with Crippen molar-refractivity contribution in [1.82, 2.24) is 0 Å². The zero-order valence-corrected chi connectivity index (χ0v) is 11.7. The number of allylic oxidation sites excluding steroid dienone is 1. The van der Waals surface area contributed by atoms with Gasteiger partial charge in [-0.2, -0.15) is 0 Å². The maximum Gasteiger partial charge on any atom is 0.330 e. The van der Waals surface area contributed by atoms with E-state index in [9.17, 15) is 18.4 Å².